The molecule has 9 radical (unpaired) electrons. The summed E-state index contributed by atoms with van der Waals surface area (Å²) in [5.74, 6) is 0.688. The van der Waals surface area contributed by atoms with Crippen LogP contribution >= 0.6 is 0 Å². The molecule has 3 fully saturated rings. The molecule has 0 saturated carbocycles. The molecule has 3 saturated heterocycles. The summed E-state index contributed by atoms with van der Waals surface area (Å²) >= 11 is 0. The van der Waals surface area contributed by atoms with Crippen LogP contribution in [0, 0.1) is 0 Å². The van der Waals surface area contributed by atoms with Gasteiger partial charge in [-0.15, -0.1) is 18.4 Å². The summed E-state index contributed by atoms with van der Waals surface area (Å²) < 4.78 is 0. The van der Waals surface area contributed by atoms with Gasteiger partial charge in [-0.1, -0.05) is 30.8 Å². The highest BCUT2D eigenvalue weighted by Crippen LogP contribution is 2.55. The molecule has 3 rings (SSSR count). The van der Waals surface area contributed by atoms with Crippen LogP contribution in [0.15, 0.2) is 25.3 Å². The summed E-state index contributed by atoms with van der Waals surface area (Å²) in [5.41, 5.74) is 0. The van der Waals surface area contributed by atoms with Crippen molar-refractivity contribution in [3.63, 3.8) is 0 Å². The van der Waals surface area contributed by atoms with Crippen molar-refractivity contribution < 1.29 is 0 Å². The lowest BCUT2D eigenvalue weighted by atomic mass is 8.75. The molecule has 10 heteroatoms. The topological polar surface area (TPSA) is 0 Å². The van der Waals surface area contributed by atoms with E-state index in [0.29, 0.717) is 12.3 Å². The SMILES string of the molecule is C=CCCC1B2[B][B][B][B][B][B][B][B]C1(CCC=C)[B]2. The Labute approximate surface area is 132 Å². The van der Waals surface area contributed by atoms with E-state index in [0.717, 1.165) is 12.8 Å². The molecular formula is C10H15B10. The fraction of sp³-hybridized carbons (Fsp3) is 0.600. The van der Waals surface area contributed by atoms with Crippen LogP contribution in [0.4, 0.5) is 0 Å². The van der Waals surface area contributed by atoms with Gasteiger partial charge in [-0.25, -0.2) is 0 Å². The molecule has 2 bridgehead atoms. The van der Waals surface area contributed by atoms with E-state index < -0.39 is 0 Å². The van der Waals surface area contributed by atoms with Crippen LogP contribution in [0.5, 0.6) is 0 Å². The highest BCUT2D eigenvalue weighted by molar-refractivity contribution is 7.73. The van der Waals surface area contributed by atoms with Gasteiger partial charge >= 0.3 is 0 Å². The van der Waals surface area contributed by atoms with Crippen molar-refractivity contribution in [1.29, 1.82) is 0 Å². The molecule has 0 aliphatic carbocycles. The number of hydrogen-bond acceptors (Lipinski definition) is 0. The number of hydrogen-bond donors (Lipinski definition) is 0. The Hall–Kier alpha value is 0.129. The molecule has 0 aromatic heterocycles. The third-order valence-corrected chi connectivity index (χ3v) is 4.42. The summed E-state index contributed by atoms with van der Waals surface area (Å²) in [6.45, 7) is 8.34. The number of fused-ring (bicyclic) bond motifs is 7. The Morgan fingerprint density at radius 2 is 1.65 bits per heavy atom. The van der Waals surface area contributed by atoms with Gasteiger partial charge in [0.05, 0.1) is 20.8 Å². The van der Waals surface area contributed by atoms with Crippen molar-refractivity contribution in [3.05, 3.63) is 25.3 Å². The van der Waals surface area contributed by atoms with Crippen molar-refractivity contribution in [3.8, 4) is 0 Å². The first-order chi connectivity index (χ1) is 9.82. The van der Waals surface area contributed by atoms with Crippen molar-refractivity contribution >= 4 is 70.3 Å². The van der Waals surface area contributed by atoms with Crippen LogP contribution in [-0.4, -0.2) is 70.3 Å². The number of allylic oxidation sites excluding steroid dienone is 2. The summed E-state index contributed by atoms with van der Waals surface area (Å²) in [6, 6.07) is 0. The smallest absolute Gasteiger partial charge is 0.0611 e. The predicted octanol–water partition coefficient (Wildman–Crippen LogP) is -0.337. The zero-order chi connectivity index (χ0) is 14.3. The Balaban J connectivity index is 2.03. The second-order valence-electron chi connectivity index (χ2n) is 5.67. The highest BCUT2D eigenvalue weighted by atomic mass is 14.2. The summed E-state index contributed by atoms with van der Waals surface area (Å²) in [4.78, 5) is 0. The third-order valence-electron chi connectivity index (χ3n) is 4.42. The maximum Gasteiger partial charge on any atom is 0.0611 e. The van der Waals surface area contributed by atoms with Crippen LogP contribution in [0.3, 0.4) is 0 Å². The molecule has 0 spiro atoms. The lowest BCUT2D eigenvalue weighted by Crippen LogP contribution is -2.62. The molecule has 3 aliphatic rings. The average molecular weight is 243 g/mol. The second-order valence-corrected chi connectivity index (χ2v) is 5.67. The molecule has 2 atom stereocenters. The van der Waals surface area contributed by atoms with E-state index in [1.165, 1.54) is 12.8 Å². The van der Waals surface area contributed by atoms with E-state index in [9.17, 15) is 0 Å². The molecule has 0 N–H and O–H groups in total. The van der Waals surface area contributed by atoms with Gasteiger partial charge in [-0.2, -0.15) is 0 Å². The van der Waals surface area contributed by atoms with E-state index in [4.69, 9.17) is 0 Å². The molecule has 3 heterocycles. The van der Waals surface area contributed by atoms with Crippen LogP contribution in [0.2, 0.25) is 11.0 Å². The first-order valence-electron chi connectivity index (χ1n) is 7.59. The number of rotatable bonds is 6. The van der Waals surface area contributed by atoms with Crippen molar-refractivity contribution in [2.75, 3.05) is 0 Å². The van der Waals surface area contributed by atoms with E-state index in [2.05, 4.69) is 76.9 Å². The highest BCUT2D eigenvalue weighted by Gasteiger charge is 2.51. The van der Waals surface area contributed by atoms with E-state index in [1.54, 1.807) is 0 Å². The fourth-order valence-electron chi connectivity index (χ4n) is 3.35. The third kappa shape index (κ3) is 4.08. The normalized spacial score (nSPS) is 27.4. The Morgan fingerprint density at radius 1 is 0.950 bits per heavy atom. The van der Waals surface area contributed by atoms with Crippen LogP contribution in [0.1, 0.15) is 25.7 Å². The first kappa shape index (κ1) is 16.5. The Morgan fingerprint density at radius 3 is 2.40 bits per heavy atom. The molecule has 0 aromatic carbocycles. The zero-order valence-corrected chi connectivity index (χ0v) is 12.2. The van der Waals surface area contributed by atoms with Crippen molar-refractivity contribution in [2.45, 2.75) is 36.7 Å². The molecule has 3 aliphatic heterocycles. The summed E-state index contributed by atoms with van der Waals surface area (Å²) in [5, 5.41) is 0.237. The van der Waals surface area contributed by atoms with Gasteiger partial charge < -0.3 is 0 Å². The van der Waals surface area contributed by atoms with Crippen LogP contribution in [0.25, 0.3) is 0 Å². The second kappa shape index (κ2) is 8.54. The zero-order valence-electron chi connectivity index (χ0n) is 12.2. The lowest BCUT2D eigenvalue weighted by molar-refractivity contribution is 0.572. The molecule has 2 unspecified atom stereocenters. The van der Waals surface area contributed by atoms with E-state index in [-0.39, 0.29) is 5.21 Å². The summed E-state index contributed by atoms with van der Waals surface area (Å²) in [6.07, 6.45) is 8.62. The first-order valence-corrected chi connectivity index (χ1v) is 7.59. The fourth-order valence-corrected chi connectivity index (χ4v) is 3.35. The Kier molecular flexibility index (Phi) is 7.05. The molecule has 85 valence electrons. The van der Waals surface area contributed by atoms with Gasteiger partial charge in [0.2, 0.25) is 0 Å². The minimum absolute atomic E-state index is 0.237. The van der Waals surface area contributed by atoms with Gasteiger partial charge in [0.15, 0.2) is 0 Å². The molecular weight excluding hydrogens is 228 g/mol. The monoisotopic (exact) mass is 245 g/mol. The van der Waals surface area contributed by atoms with E-state index >= 15 is 0 Å². The predicted molar refractivity (Wildman–Crippen MR) is 103 cm³/mol. The maximum atomic E-state index is 3.88. The van der Waals surface area contributed by atoms with Gasteiger partial charge in [-0.3, -0.25) is 0 Å². The standard InChI is InChI=1S/C10H15B10/c1-3-5-7-9-10(8-6-4-2)11-13-14-15-16-17-18-19-20(9)12-10/h3-4,9H,1-2,5-8H2. The van der Waals surface area contributed by atoms with Gasteiger partial charge in [0.25, 0.3) is 0 Å². The minimum atomic E-state index is 0.237. The lowest BCUT2D eigenvalue weighted by Gasteiger charge is -2.56. The van der Waals surface area contributed by atoms with Crippen LogP contribution in [-0.2, 0) is 0 Å². The van der Waals surface area contributed by atoms with E-state index in [1.807, 2.05) is 12.2 Å². The minimum Gasteiger partial charge on any atom is -0.104 e. The van der Waals surface area contributed by atoms with Crippen molar-refractivity contribution in [1.82, 2.24) is 0 Å². The quantitative estimate of drug-likeness (QED) is 0.442. The van der Waals surface area contributed by atoms with Gasteiger partial charge in [-0.05, 0) is 12.8 Å². The maximum absolute atomic E-state index is 3.88. The van der Waals surface area contributed by atoms with Gasteiger partial charge in [0.1, 0.15) is 0 Å². The van der Waals surface area contributed by atoms with Crippen LogP contribution < -0.4 is 0 Å². The Bertz CT molecular complexity index is 319. The summed E-state index contributed by atoms with van der Waals surface area (Å²) in [7, 11) is 20.0. The molecule has 0 aromatic rings. The van der Waals surface area contributed by atoms with Gasteiger partial charge in [0, 0.05) is 49.4 Å². The average Bonchev–Trinajstić information content (AvgIpc) is 2.51. The molecule has 20 heavy (non-hydrogen) atoms. The van der Waals surface area contributed by atoms with Crippen molar-refractivity contribution in [2.24, 2.45) is 0 Å². The molecule has 0 amide bonds. The molecule has 0 nitrogen and oxygen atoms in total. The largest absolute Gasteiger partial charge is 0.104 e.